The van der Waals surface area contributed by atoms with E-state index < -0.39 is 35.4 Å². The topological polar surface area (TPSA) is 96.2 Å². The lowest BCUT2D eigenvalue weighted by Gasteiger charge is -2.36. The molecule has 3 N–H and O–H groups in total. The molecule has 0 aromatic heterocycles. The van der Waals surface area contributed by atoms with Crippen molar-refractivity contribution in [2.75, 3.05) is 7.11 Å². The van der Waals surface area contributed by atoms with Crippen LogP contribution in [0.1, 0.15) is 0 Å². The van der Waals surface area contributed by atoms with Crippen LogP contribution in [-0.2, 0) is 14.3 Å². The molecule has 0 unspecified atom stereocenters. The fraction of sp³-hybridized carbons (Fsp3) is 0.857. The van der Waals surface area contributed by atoms with Crippen molar-refractivity contribution in [2.24, 2.45) is 0 Å². The first-order valence-corrected chi connectivity index (χ1v) is 4.82. The van der Waals surface area contributed by atoms with Crippen molar-refractivity contribution in [3.63, 3.8) is 0 Å². The van der Waals surface area contributed by atoms with Crippen molar-refractivity contribution in [1.82, 2.24) is 0 Å². The second-order valence-electron chi connectivity index (χ2n) is 2.90. The van der Waals surface area contributed by atoms with E-state index in [1.165, 1.54) is 0 Å². The summed E-state index contributed by atoms with van der Waals surface area (Å²) in [5.41, 5.74) is 0. The highest BCUT2D eigenvalue weighted by Crippen LogP contribution is 2.25. The Hall–Kier alpha value is -0.210. The number of hydrogen-bond donors (Lipinski definition) is 3. The van der Waals surface area contributed by atoms with Crippen LogP contribution in [0.15, 0.2) is 0 Å². The van der Waals surface area contributed by atoms with Gasteiger partial charge in [-0.2, -0.15) is 0 Å². The molecule has 1 saturated heterocycles. The van der Waals surface area contributed by atoms with E-state index in [1.54, 1.807) is 0 Å². The Balaban J connectivity index is 2.75. The van der Waals surface area contributed by atoms with Crippen LogP contribution in [0.3, 0.4) is 0 Å². The normalized spacial score (nSPS) is 43.4. The number of carbonyl (C=O) groups is 1. The molecule has 82 valence electrons. The number of alkyl halides is 1. The number of aliphatic hydroxyl groups excluding tert-OH is 3. The predicted octanol–water partition coefficient (Wildman–Crippen LogP) is -1.64. The summed E-state index contributed by atoms with van der Waals surface area (Å²) in [5, 5.41) is 27.0. The monoisotopic (exact) mass is 270 g/mol. The van der Waals surface area contributed by atoms with Crippen molar-refractivity contribution in [3.8, 4) is 0 Å². The third kappa shape index (κ3) is 2.06. The first-order valence-electron chi connectivity index (χ1n) is 3.90. The molecule has 0 aromatic rings. The van der Waals surface area contributed by atoms with Crippen molar-refractivity contribution < 1.29 is 29.6 Å². The van der Waals surface area contributed by atoms with E-state index in [2.05, 4.69) is 20.7 Å². The Kier molecular flexibility index (Phi) is 3.85. The second-order valence-corrected chi connectivity index (χ2v) is 3.81. The molecule has 0 saturated carbocycles. The second kappa shape index (κ2) is 4.54. The summed E-state index contributed by atoms with van der Waals surface area (Å²) in [5.74, 6) is -0.798. The molecule has 1 aliphatic rings. The zero-order valence-corrected chi connectivity index (χ0v) is 8.92. The molecule has 6 nitrogen and oxygen atoms in total. The SMILES string of the molecule is COC(=O)[C@H]1O[C@H](Br)[C@H](O)[C@@H](O)[C@@H]1O. The van der Waals surface area contributed by atoms with Gasteiger partial charge in [-0.3, -0.25) is 0 Å². The summed E-state index contributed by atoms with van der Waals surface area (Å²) in [7, 11) is 1.14. The maximum absolute atomic E-state index is 11.1. The van der Waals surface area contributed by atoms with Crippen LogP contribution in [0.5, 0.6) is 0 Å². The van der Waals surface area contributed by atoms with Gasteiger partial charge in [-0.05, 0) is 0 Å². The number of ether oxygens (including phenoxy) is 2. The van der Waals surface area contributed by atoms with Crippen LogP contribution in [0.4, 0.5) is 0 Å². The first-order chi connectivity index (χ1) is 6.49. The highest BCUT2D eigenvalue weighted by atomic mass is 79.9. The van der Waals surface area contributed by atoms with Crippen LogP contribution in [0.25, 0.3) is 0 Å². The standard InChI is InChI=1S/C7H11BrO6/c1-13-7(12)5-3(10)2(9)4(11)6(8)14-5/h2-6,9-11H,1H3/t2-,3-,4+,5-,6-/m0/s1. The summed E-state index contributed by atoms with van der Waals surface area (Å²) in [6.07, 6.45) is -5.52. The Morgan fingerprint density at radius 3 is 2.36 bits per heavy atom. The molecule has 14 heavy (non-hydrogen) atoms. The molecular formula is C7H11BrO6. The quantitative estimate of drug-likeness (QED) is 0.391. The summed E-state index contributed by atoms with van der Waals surface area (Å²) in [6, 6.07) is 0. The van der Waals surface area contributed by atoms with E-state index in [4.69, 9.17) is 4.74 Å². The number of rotatable bonds is 1. The molecule has 0 aliphatic carbocycles. The van der Waals surface area contributed by atoms with Crippen LogP contribution >= 0.6 is 15.9 Å². The van der Waals surface area contributed by atoms with Crippen LogP contribution < -0.4 is 0 Å². The molecular weight excluding hydrogens is 260 g/mol. The minimum absolute atomic E-state index is 0.798. The maximum Gasteiger partial charge on any atom is 0.337 e. The minimum atomic E-state index is -1.49. The lowest BCUT2D eigenvalue weighted by molar-refractivity contribution is -0.209. The predicted molar refractivity (Wildman–Crippen MR) is 47.6 cm³/mol. The molecule has 0 bridgehead atoms. The van der Waals surface area contributed by atoms with E-state index in [1.807, 2.05) is 0 Å². The van der Waals surface area contributed by atoms with Gasteiger partial charge in [0.2, 0.25) is 0 Å². The summed E-state index contributed by atoms with van der Waals surface area (Å²) in [4.78, 5) is 11.1. The molecule has 0 spiro atoms. The van der Waals surface area contributed by atoms with Gasteiger partial charge in [0.15, 0.2) is 6.10 Å². The highest BCUT2D eigenvalue weighted by Gasteiger charge is 2.46. The van der Waals surface area contributed by atoms with Gasteiger partial charge in [0, 0.05) is 0 Å². The van der Waals surface area contributed by atoms with Gasteiger partial charge < -0.3 is 24.8 Å². The molecule has 1 aliphatic heterocycles. The number of hydrogen-bond acceptors (Lipinski definition) is 6. The third-order valence-corrected chi connectivity index (χ3v) is 2.75. The van der Waals surface area contributed by atoms with Crippen molar-refractivity contribution in [3.05, 3.63) is 0 Å². The summed E-state index contributed by atoms with van der Waals surface area (Å²) < 4.78 is 9.27. The average Bonchev–Trinajstić information content (AvgIpc) is 2.19. The number of esters is 1. The zero-order valence-electron chi connectivity index (χ0n) is 7.33. The van der Waals surface area contributed by atoms with Gasteiger partial charge >= 0.3 is 5.97 Å². The minimum Gasteiger partial charge on any atom is -0.467 e. The fourth-order valence-electron chi connectivity index (χ4n) is 1.15. The van der Waals surface area contributed by atoms with Crippen molar-refractivity contribution >= 4 is 21.9 Å². The Bertz CT molecular complexity index is 222. The number of halogens is 1. The van der Waals surface area contributed by atoms with E-state index >= 15 is 0 Å². The van der Waals surface area contributed by atoms with E-state index in [-0.39, 0.29) is 0 Å². The van der Waals surface area contributed by atoms with E-state index in [9.17, 15) is 20.1 Å². The summed E-state index contributed by atoms with van der Waals surface area (Å²) in [6.45, 7) is 0. The molecule has 5 atom stereocenters. The van der Waals surface area contributed by atoms with E-state index in [0.29, 0.717) is 0 Å². The van der Waals surface area contributed by atoms with Gasteiger partial charge in [-0.1, -0.05) is 15.9 Å². The third-order valence-electron chi connectivity index (χ3n) is 1.99. The van der Waals surface area contributed by atoms with Gasteiger partial charge in [0.25, 0.3) is 0 Å². The van der Waals surface area contributed by atoms with Gasteiger partial charge in [-0.25, -0.2) is 4.79 Å². The Morgan fingerprint density at radius 1 is 1.29 bits per heavy atom. The molecule has 1 fully saturated rings. The molecule has 1 rings (SSSR count). The van der Waals surface area contributed by atoms with Crippen molar-refractivity contribution in [2.45, 2.75) is 29.4 Å². The van der Waals surface area contributed by atoms with Gasteiger partial charge in [0.1, 0.15) is 23.3 Å². The molecule has 0 amide bonds. The Morgan fingerprint density at radius 2 is 1.86 bits per heavy atom. The molecule has 0 aromatic carbocycles. The van der Waals surface area contributed by atoms with Gasteiger partial charge in [-0.15, -0.1) is 0 Å². The largest absolute Gasteiger partial charge is 0.467 e. The average molecular weight is 271 g/mol. The number of methoxy groups -OCH3 is 1. The lowest BCUT2D eigenvalue weighted by Crippen LogP contribution is -2.58. The fourth-order valence-corrected chi connectivity index (χ4v) is 1.69. The van der Waals surface area contributed by atoms with E-state index in [0.717, 1.165) is 7.11 Å². The maximum atomic E-state index is 11.1. The van der Waals surface area contributed by atoms with Gasteiger partial charge in [0.05, 0.1) is 7.11 Å². The number of carbonyl (C=O) groups excluding carboxylic acids is 1. The number of aliphatic hydroxyl groups is 3. The summed E-state index contributed by atoms with van der Waals surface area (Å²) >= 11 is 2.91. The zero-order chi connectivity index (χ0) is 10.9. The van der Waals surface area contributed by atoms with Crippen LogP contribution in [-0.4, -0.2) is 57.8 Å². The molecule has 1 heterocycles. The highest BCUT2D eigenvalue weighted by molar-refractivity contribution is 9.09. The first kappa shape index (κ1) is 11.9. The van der Waals surface area contributed by atoms with Crippen LogP contribution in [0.2, 0.25) is 0 Å². The molecule has 0 radical (unpaired) electrons. The smallest absolute Gasteiger partial charge is 0.337 e. The van der Waals surface area contributed by atoms with Crippen molar-refractivity contribution in [1.29, 1.82) is 0 Å². The lowest BCUT2D eigenvalue weighted by atomic mass is 10.0. The Labute approximate surface area is 88.6 Å². The molecule has 7 heteroatoms. The van der Waals surface area contributed by atoms with Crippen LogP contribution in [0, 0.1) is 0 Å².